The summed E-state index contributed by atoms with van der Waals surface area (Å²) in [4.78, 5) is 23.8. The molecule has 0 fully saturated rings. The van der Waals surface area contributed by atoms with Crippen molar-refractivity contribution in [3.8, 4) is 11.1 Å². The van der Waals surface area contributed by atoms with Gasteiger partial charge < -0.3 is 4.57 Å². The van der Waals surface area contributed by atoms with Gasteiger partial charge in [0, 0.05) is 29.8 Å². The standard InChI is InChI=1S/C18H20F2N2O3/c1-11-8-12(4-5-14(11)19)13-9-16(23)22(10-15(13)20)7-6-18(2,3)17(24)21-25/h4-5,8-10,25H,6-7H2,1-3H3,(H,21,24). The summed E-state index contributed by atoms with van der Waals surface area (Å²) in [6.45, 7) is 4.89. The second kappa shape index (κ2) is 7.14. The van der Waals surface area contributed by atoms with E-state index in [-0.39, 0.29) is 18.5 Å². The van der Waals surface area contributed by atoms with Crippen molar-refractivity contribution in [1.82, 2.24) is 10.0 Å². The fourth-order valence-corrected chi connectivity index (χ4v) is 2.42. The number of carbonyl (C=O) groups is 1. The Labute approximate surface area is 143 Å². The summed E-state index contributed by atoms with van der Waals surface area (Å²) in [5.41, 5.74) is 1.10. The number of pyridine rings is 1. The number of carbonyl (C=O) groups excluding carboxylic acids is 1. The van der Waals surface area contributed by atoms with Gasteiger partial charge in [-0.15, -0.1) is 0 Å². The van der Waals surface area contributed by atoms with Crippen molar-refractivity contribution in [3.05, 3.63) is 58.0 Å². The Morgan fingerprint density at radius 2 is 1.92 bits per heavy atom. The molecule has 0 saturated heterocycles. The Morgan fingerprint density at radius 3 is 2.52 bits per heavy atom. The molecule has 0 aliphatic rings. The molecule has 0 unspecified atom stereocenters. The molecule has 2 rings (SSSR count). The minimum absolute atomic E-state index is 0.0942. The number of nitrogens with one attached hydrogen (secondary N) is 1. The van der Waals surface area contributed by atoms with Gasteiger partial charge in [-0.25, -0.2) is 14.3 Å². The predicted molar refractivity (Wildman–Crippen MR) is 89.1 cm³/mol. The van der Waals surface area contributed by atoms with E-state index in [1.54, 1.807) is 26.3 Å². The van der Waals surface area contributed by atoms with E-state index in [1.807, 2.05) is 0 Å². The van der Waals surface area contributed by atoms with E-state index in [0.29, 0.717) is 11.1 Å². The molecule has 1 aromatic heterocycles. The number of halogens is 2. The number of benzene rings is 1. The fraction of sp³-hybridized carbons (Fsp3) is 0.333. The summed E-state index contributed by atoms with van der Waals surface area (Å²) in [5.74, 6) is -1.60. The summed E-state index contributed by atoms with van der Waals surface area (Å²) in [6.07, 6.45) is 1.30. The third-order valence-corrected chi connectivity index (χ3v) is 4.24. The van der Waals surface area contributed by atoms with Crippen LogP contribution < -0.4 is 11.0 Å². The first-order chi connectivity index (χ1) is 11.7. The van der Waals surface area contributed by atoms with Crippen LogP contribution in [-0.4, -0.2) is 15.7 Å². The van der Waals surface area contributed by atoms with Crippen molar-refractivity contribution < 1.29 is 18.8 Å². The summed E-state index contributed by atoms with van der Waals surface area (Å²) in [5, 5.41) is 8.72. The van der Waals surface area contributed by atoms with Crippen molar-refractivity contribution in [3.63, 3.8) is 0 Å². The van der Waals surface area contributed by atoms with Crippen LogP contribution in [0.15, 0.2) is 35.3 Å². The van der Waals surface area contributed by atoms with Crippen molar-refractivity contribution in [2.45, 2.75) is 33.7 Å². The molecule has 0 atom stereocenters. The molecule has 0 aliphatic carbocycles. The number of nitrogens with zero attached hydrogens (tertiary/aromatic N) is 1. The molecule has 2 N–H and O–H groups in total. The summed E-state index contributed by atoms with van der Waals surface area (Å²) >= 11 is 0. The normalized spacial score (nSPS) is 11.4. The number of hydrogen-bond donors (Lipinski definition) is 2. The van der Waals surface area contributed by atoms with E-state index < -0.39 is 28.5 Å². The van der Waals surface area contributed by atoms with Crippen LogP contribution in [0.25, 0.3) is 11.1 Å². The second-order valence-corrected chi connectivity index (χ2v) is 6.61. The van der Waals surface area contributed by atoms with Crippen molar-refractivity contribution in [2.75, 3.05) is 0 Å². The molecular weight excluding hydrogens is 330 g/mol. The Kier molecular flexibility index (Phi) is 5.37. The van der Waals surface area contributed by atoms with E-state index in [0.717, 1.165) is 12.3 Å². The summed E-state index contributed by atoms with van der Waals surface area (Å²) < 4.78 is 28.9. The maximum Gasteiger partial charge on any atom is 0.251 e. The lowest BCUT2D eigenvalue weighted by Crippen LogP contribution is -2.36. The number of hydroxylamine groups is 1. The van der Waals surface area contributed by atoms with E-state index in [4.69, 9.17) is 5.21 Å². The van der Waals surface area contributed by atoms with Gasteiger partial charge in [0.15, 0.2) is 0 Å². The maximum atomic E-state index is 14.4. The van der Waals surface area contributed by atoms with Crippen LogP contribution in [0, 0.1) is 24.0 Å². The van der Waals surface area contributed by atoms with Gasteiger partial charge in [0.25, 0.3) is 5.56 Å². The zero-order valence-corrected chi connectivity index (χ0v) is 14.3. The van der Waals surface area contributed by atoms with Crippen molar-refractivity contribution in [1.29, 1.82) is 0 Å². The number of amides is 1. The highest BCUT2D eigenvalue weighted by molar-refractivity contribution is 5.80. The number of aryl methyl sites for hydroxylation is 2. The van der Waals surface area contributed by atoms with Crippen LogP contribution in [-0.2, 0) is 11.3 Å². The predicted octanol–water partition coefficient (Wildman–Crippen LogP) is 3.02. The number of rotatable bonds is 5. The molecule has 134 valence electrons. The molecule has 0 spiro atoms. The van der Waals surface area contributed by atoms with Crippen LogP contribution in [0.2, 0.25) is 0 Å². The van der Waals surface area contributed by atoms with Crippen molar-refractivity contribution in [2.24, 2.45) is 5.41 Å². The highest BCUT2D eigenvalue weighted by atomic mass is 19.1. The van der Waals surface area contributed by atoms with Gasteiger partial charge in [-0.3, -0.25) is 14.8 Å². The average molecular weight is 350 g/mol. The Morgan fingerprint density at radius 1 is 1.24 bits per heavy atom. The topological polar surface area (TPSA) is 71.3 Å². The van der Waals surface area contributed by atoms with Gasteiger partial charge >= 0.3 is 0 Å². The number of hydrogen-bond acceptors (Lipinski definition) is 3. The molecule has 1 aromatic carbocycles. The van der Waals surface area contributed by atoms with E-state index in [2.05, 4.69) is 0 Å². The minimum Gasteiger partial charge on any atom is -0.313 e. The monoisotopic (exact) mass is 350 g/mol. The first-order valence-electron chi connectivity index (χ1n) is 7.77. The lowest BCUT2D eigenvalue weighted by atomic mass is 9.88. The minimum atomic E-state index is -0.919. The van der Waals surface area contributed by atoms with Gasteiger partial charge in [0.05, 0.1) is 0 Å². The van der Waals surface area contributed by atoms with Gasteiger partial charge in [0.2, 0.25) is 5.91 Å². The van der Waals surface area contributed by atoms with Gasteiger partial charge in [-0.05, 0) is 36.6 Å². The highest BCUT2D eigenvalue weighted by Crippen LogP contribution is 2.24. The molecule has 1 heterocycles. The zero-order valence-electron chi connectivity index (χ0n) is 14.3. The number of aromatic nitrogens is 1. The smallest absolute Gasteiger partial charge is 0.251 e. The third kappa shape index (κ3) is 4.11. The van der Waals surface area contributed by atoms with Crippen LogP contribution in [0.1, 0.15) is 25.8 Å². The first kappa shape index (κ1) is 18.8. The van der Waals surface area contributed by atoms with E-state index in [1.165, 1.54) is 22.8 Å². The Balaban J connectivity index is 2.30. The molecule has 25 heavy (non-hydrogen) atoms. The lowest BCUT2D eigenvalue weighted by Gasteiger charge is -2.22. The molecule has 1 amide bonds. The van der Waals surface area contributed by atoms with Crippen LogP contribution in [0.4, 0.5) is 8.78 Å². The fourth-order valence-electron chi connectivity index (χ4n) is 2.42. The molecule has 0 saturated carbocycles. The van der Waals surface area contributed by atoms with Crippen molar-refractivity contribution >= 4 is 5.91 Å². The summed E-state index contributed by atoms with van der Waals surface area (Å²) in [7, 11) is 0. The van der Waals surface area contributed by atoms with E-state index >= 15 is 0 Å². The van der Waals surface area contributed by atoms with Crippen LogP contribution >= 0.6 is 0 Å². The second-order valence-electron chi connectivity index (χ2n) is 6.61. The van der Waals surface area contributed by atoms with Crippen LogP contribution in [0.3, 0.4) is 0 Å². The SMILES string of the molecule is Cc1cc(-c2cc(=O)n(CCC(C)(C)C(=O)NO)cc2F)ccc1F. The highest BCUT2D eigenvalue weighted by Gasteiger charge is 2.27. The first-order valence-corrected chi connectivity index (χ1v) is 7.77. The largest absolute Gasteiger partial charge is 0.313 e. The Bertz CT molecular complexity index is 860. The molecule has 0 bridgehead atoms. The lowest BCUT2D eigenvalue weighted by molar-refractivity contribution is -0.138. The summed E-state index contributed by atoms with van der Waals surface area (Å²) in [6, 6.07) is 5.28. The molecule has 2 aromatic rings. The maximum absolute atomic E-state index is 14.4. The van der Waals surface area contributed by atoms with Gasteiger partial charge in [0.1, 0.15) is 11.6 Å². The third-order valence-electron chi connectivity index (χ3n) is 4.24. The quantitative estimate of drug-likeness (QED) is 0.643. The zero-order chi connectivity index (χ0) is 18.8. The molecule has 7 heteroatoms. The van der Waals surface area contributed by atoms with Gasteiger partial charge in [-0.1, -0.05) is 19.9 Å². The Hall–Kier alpha value is -2.54. The molecule has 5 nitrogen and oxygen atoms in total. The average Bonchev–Trinajstić information content (AvgIpc) is 2.57. The molecular formula is C18H20F2N2O3. The van der Waals surface area contributed by atoms with E-state index in [9.17, 15) is 18.4 Å². The molecule has 0 radical (unpaired) electrons. The van der Waals surface area contributed by atoms with Crippen LogP contribution in [0.5, 0.6) is 0 Å². The molecule has 0 aliphatic heterocycles. The van der Waals surface area contributed by atoms with Gasteiger partial charge in [-0.2, -0.15) is 0 Å².